The van der Waals surface area contributed by atoms with Crippen LogP contribution in [0.4, 0.5) is 5.13 Å². The summed E-state index contributed by atoms with van der Waals surface area (Å²) in [4.78, 5) is 4.56. The molecule has 2 heterocycles. The van der Waals surface area contributed by atoms with Crippen LogP contribution in [0, 0.1) is 0 Å². The van der Waals surface area contributed by atoms with Gasteiger partial charge in [0, 0.05) is 28.7 Å². The first-order valence-corrected chi connectivity index (χ1v) is 11.1. The Balaban J connectivity index is 1.30. The molecule has 0 amide bonds. The summed E-state index contributed by atoms with van der Waals surface area (Å²) in [5.41, 5.74) is 6.22. The van der Waals surface area contributed by atoms with Crippen LogP contribution in [-0.4, -0.2) is 29.5 Å². The maximum atomic E-state index is 5.92. The van der Waals surface area contributed by atoms with Gasteiger partial charge in [-0.1, -0.05) is 47.7 Å². The zero-order valence-electron chi connectivity index (χ0n) is 17.6. The van der Waals surface area contributed by atoms with E-state index in [0.717, 1.165) is 49.9 Å². The molecule has 0 aliphatic rings. The number of fused-ring (bicyclic) bond motifs is 2. The fourth-order valence-electron chi connectivity index (χ4n) is 3.59. The first kappa shape index (κ1) is 20.1. The minimum absolute atomic E-state index is 0.548. The molecule has 0 saturated heterocycles. The number of rotatable bonds is 8. The summed E-state index contributed by atoms with van der Waals surface area (Å²) in [6.45, 7) is 1.27. The van der Waals surface area contributed by atoms with Crippen LogP contribution in [0.5, 0.6) is 11.5 Å². The summed E-state index contributed by atoms with van der Waals surface area (Å²) >= 11 is 1.59. The average molecular weight is 443 g/mol. The average Bonchev–Trinajstić information content (AvgIpc) is 3.41. The minimum atomic E-state index is 0.548. The van der Waals surface area contributed by atoms with Crippen molar-refractivity contribution in [3.05, 3.63) is 84.6 Å². The van der Waals surface area contributed by atoms with Gasteiger partial charge in [-0.05, 0) is 30.3 Å². The normalized spacial score (nSPS) is 11.4. The van der Waals surface area contributed by atoms with Gasteiger partial charge in [0.25, 0.3) is 0 Å². The number of ether oxygens (including phenoxy) is 2. The monoisotopic (exact) mass is 442 g/mol. The number of hydrogen-bond donors (Lipinski definition) is 1. The number of anilines is 1. The van der Waals surface area contributed by atoms with Gasteiger partial charge in [0.05, 0.1) is 30.1 Å². The Labute approximate surface area is 189 Å². The van der Waals surface area contributed by atoms with Gasteiger partial charge in [0.1, 0.15) is 18.1 Å². The molecule has 0 fully saturated rings. The lowest BCUT2D eigenvalue weighted by Gasteiger charge is -2.09. The standard InChI is InChI=1S/C25H22N4O2S/c1-30-19-7-6-8-20(15-19)31-14-13-29-17-18(21-9-2-4-11-23(21)29)16-26-28-25-27-22-10-3-5-12-24(22)32-25/h2-12,15-17H,13-14H2,1H3,(H,27,28)/b26-16-. The third kappa shape index (κ3) is 4.29. The summed E-state index contributed by atoms with van der Waals surface area (Å²) < 4.78 is 14.5. The van der Waals surface area contributed by atoms with Gasteiger partial charge in [-0.3, -0.25) is 5.43 Å². The molecule has 0 radical (unpaired) electrons. The van der Waals surface area contributed by atoms with Crippen LogP contribution in [0.15, 0.2) is 84.1 Å². The molecule has 5 aromatic rings. The van der Waals surface area contributed by atoms with Crippen molar-refractivity contribution < 1.29 is 9.47 Å². The second-order valence-electron chi connectivity index (χ2n) is 7.18. The van der Waals surface area contributed by atoms with E-state index in [4.69, 9.17) is 9.47 Å². The molecule has 0 unspecified atom stereocenters. The fourth-order valence-corrected chi connectivity index (χ4v) is 4.41. The Bertz CT molecular complexity index is 1360. The maximum Gasteiger partial charge on any atom is 0.204 e. The number of nitrogens with zero attached hydrogens (tertiary/aromatic N) is 3. The van der Waals surface area contributed by atoms with Gasteiger partial charge in [-0.25, -0.2) is 4.98 Å². The van der Waals surface area contributed by atoms with Crippen LogP contribution < -0.4 is 14.9 Å². The van der Waals surface area contributed by atoms with E-state index in [2.05, 4.69) is 44.5 Å². The molecule has 160 valence electrons. The van der Waals surface area contributed by atoms with E-state index in [1.165, 1.54) is 0 Å². The number of para-hydroxylation sites is 2. The topological polar surface area (TPSA) is 60.7 Å². The zero-order chi connectivity index (χ0) is 21.8. The van der Waals surface area contributed by atoms with Gasteiger partial charge in [0.15, 0.2) is 0 Å². The molecule has 0 spiro atoms. The van der Waals surface area contributed by atoms with Gasteiger partial charge in [-0.2, -0.15) is 5.10 Å². The van der Waals surface area contributed by atoms with E-state index in [1.54, 1.807) is 18.4 Å². The van der Waals surface area contributed by atoms with Gasteiger partial charge >= 0.3 is 0 Å². The van der Waals surface area contributed by atoms with E-state index in [9.17, 15) is 0 Å². The molecule has 32 heavy (non-hydrogen) atoms. The SMILES string of the molecule is COc1cccc(OCCn2cc(/C=N\Nc3nc4ccccc4s3)c3ccccc32)c1. The lowest BCUT2D eigenvalue weighted by atomic mass is 10.2. The van der Waals surface area contributed by atoms with E-state index < -0.39 is 0 Å². The summed E-state index contributed by atoms with van der Waals surface area (Å²) in [6.07, 6.45) is 3.94. The van der Waals surface area contributed by atoms with E-state index in [0.29, 0.717) is 6.61 Å². The number of aromatic nitrogens is 2. The van der Waals surface area contributed by atoms with Crippen molar-refractivity contribution >= 4 is 43.8 Å². The van der Waals surface area contributed by atoms with Crippen LogP contribution >= 0.6 is 11.3 Å². The molecule has 1 N–H and O–H groups in total. The second kappa shape index (κ2) is 9.11. The smallest absolute Gasteiger partial charge is 0.204 e. The lowest BCUT2D eigenvalue weighted by Crippen LogP contribution is -2.07. The van der Waals surface area contributed by atoms with E-state index >= 15 is 0 Å². The largest absolute Gasteiger partial charge is 0.497 e. The number of methoxy groups -OCH3 is 1. The van der Waals surface area contributed by atoms with Gasteiger partial charge in [0.2, 0.25) is 5.13 Å². The quantitative estimate of drug-likeness (QED) is 0.244. The fraction of sp³-hybridized carbons (Fsp3) is 0.120. The zero-order valence-corrected chi connectivity index (χ0v) is 18.4. The molecule has 7 heteroatoms. The molecular formula is C25H22N4O2S. The Morgan fingerprint density at radius 1 is 1.03 bits per heavy atom. The molecule has 5 rings (SSSR count). The predicted molar refractivity (Wildman–Crippen MR) is 131 cm³/mol. The van der Waals surface area contributed by atoms with Crippen molar-refractivity contribution in [1.29, 1.82) is 0 Å². The highest BCUT2D eigenvalue weighted by atomic mass is 32.1. The third-order valence-corrected chi connectivity index (χ3v) is 6.06. The summed E-state index contributed by atoms with van der Waals surface area (Å²) in [5.74, 6) is 1.58. The van der Waals surface area contributed by atoms with E-state index in [-0.39, 0.29) is 0 Å². The lowest BCUT2D eigenvalue weighted by molar-refractivity contribution is 0.298. The molecule has 6 nitrogen and oxygen atoms in total. The van der Waals surface area contributed by atoms with Crippen molar-refractivity contribution in [3.8, 4) is 11.5 Å². The summed E-state index contributed by atoms with van der Waals surface area (Å²) in [7, 11) is 1.65. The van der Waals surface area contributed by atoms with Crippen molar-refractivity contribution in [1.82, 2.24) is 9.55 Å². The van der Waals surface area contributed by atoms with Crippen molar-refractivity contribution in [3.63, 3.8) is 0 Å². The van der Waals surface area contributed by atoms with Crippen LogP contribution in [0.3, 0.4) is 0 Å². The first-order valence-electron chi connectivity index (χ1n) is 10.3. The predicted octanol–water partition coefficient (Wildman–Crippen LogP) is 5.78. The van der Waals surface area contributed by atoms with Gasteiger partial charge < -0.3 is 14.0 Å². The molecule has 0 saturated carbocycles. The maximum absolute atomic E-state index is 5.92. The molecule has 2 aromatic heterocycles. The number of thiazole rings is 1. The van der Waals surface area contributed by atoms with Crippen LogP contribution in [-0.2, 0) is 6.54 Å². The molecule has 3 aromatic carbocycles. The number of nitrogens with one attached hydrogen (secondary N) is 1. The Morgan fingerprint density at radius 2 is 1.88 bits per heavy atom. The van der Waals surface area contributed by atoms with E-state index in [1.807, 2.05) is 60.8 Å². The molecule has 0 aliphatic carbocycles. The molecule has 0 bridgehead atoms. The van der Waals surface area contributed by atoms with Crippen molar-refractivity contribution in [2.45, 2.75) is 6.54 Å². The van der Waals surface area contributed by atoms with Gasteiger partial charge in [-0.15, -0.1) is 0 Å². The third-order valence-electron chi connectivity index (χ3n) is 5.12. The van der Waals surface area contributed by atoms with Crippen LogP contribution in [0.1, 0.15) is 5.56 Å². The summed E-state index contributed by atoms with van der Waals surface area (Å²) in [6, 6.07) is 24.0. The summed E-state index contributed by atoms with van der Waals surface area (Å²) in [5, 5.41) is 6.35. The molecular weight excluding hydrogens is 420 g/mol. The number of benzene rings is 3. The highest BCUT2D eigenvalue weighted by molar-refractivity contribution is 7.22. The minimum Gasteiger partial charge on any atom is -0.497 e. The highest BCUT2D eigenvalue weighted by Gasteiger charge is 2.07. The number of hydrazone groups is 1. The first-order chi connectivity index (χ1) is 15.8. The molecule has 0 atom stereocenters. The van der Waals surface area contributed by atoms with Crippen LogP contribution in [0.2, 0.25) is 0 Å². The number of hydrogen-bond acceptors (Lipinski definition) is 6. The Hall–Kier alpha value is -3.84. The van der Waals surface area contributed by atoms with Crippen LogP contribution in [0.25, 0.3) is 21.1 Å². The Morgan fingerprint density at radius 3 is 2.78 bits per heavy atom. The van der Waals surface area contributed by atoms with Crippen molar-refractivity contribution in [2.24, 2.45) is 5.10 Å². The molecule has 0 aliphatic heterocycles. The van der Waals surface area contributed by atoms with Crippen molar-refractivity contribution in [2.75, 3.05) is 19.1 Å². The highest BCUT2D eigenvalue weighted by Crippen LogP contribution is 2.26. The second-order valence-corrected chi connectivity index (χ2v) is 8.21. The Kier molecular flexibility index (Phi) is 5.72.